The smallest absolute Gasteiger partial charge is 0.240 e. The van der Waals surface area contributed by atoms with Crippen molar-refractivity contribution in [3.63, 3.8) is 0 Å². The fourth-order valence-corrected chi connectivity index (χ4v) is 2.86. The van der Waals surface area contributed by atoms with Crippen molar-refractivity contribution in [1.29, 1.82) is 0 Å². The minimum absolute atomic E-state index is 0.0443. The first kappa shape index (κ1) is 17.2. The number of carbonyl (C=O) groups is 1. The van der Waals surface area contributed by atoms with Crippen molar-refractivity contribution in [1.82, 2.24) is 9.88 Å². The third kappa shape index (κ3) is 3.88. The molecule has 1 amide bonds. The highest BCUT2D eigenvalue weighted by atomic mass is 35.5. The first-order valence-corrected chi connectivity index (χ1v) is 8.15. The molecular formula is C19H16ClFN2O2. The van der Waals surface area contributed by atoms with Crippen molar-refractivity contribution < 1.29 is 9.18 Å². The molecule has 1 aromatic heterocycles. The van der Waals surface area contributed by atoms with E-state index in [0.717, 1.165) is 5.56 Å². The zero-order valence-electron chi connectivity index (χ0n) is 13.5. The number of nitrogens with one attached hydrogen (secondary N) is 1. The summed E-state index contributed by atoms with van der Waals surface area (Å²) >= 11 is 6.01. The largest absolute Gasteiger partial charge is 0.348 e. The van der Waals surface area contributed by atoms with Crippen LogP contribution in [-0.2, 0) is 11.3 Å². The SMILES string of the molecule is C[C@@H](NC(=O)Cn1ccc(=O)c2ccc(Cl)cc21)c1ccc(F)cc1. The predicted octanol–water partition coefficient (Wildman–Crippen LogP) is 3.67. The summed E-state index contributed by atoms with van der Waals surface area (Å²) in [7, 11) is 0. The Morgan fingerprint density at radius 3 is 2.64 bits per heavy atom. The Balaban J connectivity index is 1.80. The van der Waals surface area contributed by atoms with Crippen LogP contribution >= 0.6 is 11.6 Å². The first-order chi connectivity index (χ1) is 11.9. The lowest BCUT2D eigenvalue weighted by atomic mass is 10.1. The monoisotopic (exact) mass is 358 g/mol. The number of halogens is 2. The van der Waals surface area contributed by atoms with Gasteiger partial charge in [-0.25, -0.2) is 4.39 Å². The summed E-state index contributed by atoms with van der Waals surface area (Å²) in [5.74, 6) is -0.541. The summed E-state index contributed by atoms with van der Waals surface area (Å²) in [5, 5.41) is 3.86. The molecule has 0 aliphatic rings. The van der Waals surface area contributed by atoms with Crippen LogP contribution in [0, 0.1) is 5.82 Å². The molecule has 0 aliphatic heterocycles. The second kappa shape index (κ2) is 7.07. The van der Waals surface area contributed by atoms with Crippen LogP contribution in [-0.4, -0.2) is 10.5 Å². The van der Waals surface area contributed by atoms with Crippen molar-refractivity contribution in [3.05, 3.63) is 81.4 Å². The molecule has 0 bridgehead atoms. The maximum absolute atomic E-state index is 13.0. The van der Waals surface area contributed by atoms with E-state index in [9.17, 15) is 14.0 Å². The average Bonchev–Trinajstić information content (AvgIpc) is 2.58. The standard InChI is InChI=1S/C19H16ClFN2O2/c1-12(13-2-5-15(21)6-3-13)22-19(25)11-23-9-8-18(24)16-7-4-14(20)10-17(16)23/h2-10,12H,11H2,1H3,(H,22,25)/t12-/m1/s1. The highest BCUT2D eigenvalue weighted by Gasteiger charge is 2.12. The number of rotatable bonds is 4. The van der Waals surface area contributed by atoms with Gasteiger partial charge in [-0.2, -0.15) is 0 Å². The first-order valence-electron chi connectivity index (χ1n) is 7.77. The third-order valence-electron chi connectivity index (χ3n) is 4.00. The average molecular weight is 359 g/mol. The molecule has 2 aromatic carbocycles. The van der Waals surface area contributed by atoms with Crippen molar-refractivity contribution >= 4 is 28.4 Å². The summed E-state index contributed by atoms with van der Waals surface area (Å²) in [6.45, 7) is 1.87. The van der Waals surface area contributed by atoms with Gasteiger partial charge >= 0.3 is 0 Å². The number of nitrogens with zero attached hydrogens (tertiary/aromatic N) is 1. The van der Waals surface area contributed by atoms with E-state index in [2.05, 4.69) is 5.32 Å². The van der Waals surface area contributed by atoms with E-state index in [4.69, 9.17) is 11.6 Å². The number of aromatic nitrogens is 1. The van der Waals surface area contributed by atoms with E-state index in [1.54, 1.807) is 41.1 Å². The lowest BCUT2D eigenvalue weighted by molar-refractivity contribution is -0.122. The molecule has 0 unspecified atom stereocenters. The van der Waals surface area contributed by atoms with Gasteiger partial charge in [0.25, 0.3) is 0 Å². The maximum atomic E-state index is 13.0. The van der Waals surface area contributed by atoms with Gasteiger partial charge in [0.15, 0.2) is 5.43 Å². The molecule has 1 heterocycles. The summed E-state index contributed by atoms with van der Waals surface area (Å²) in [5.41, 5.74) is 1.29. The Morgan fingerprint density at radius 2 is 1.92 bits per heavy atom. The van der Waals surface area contributed by atoms with Crippen LogP contribution in [0.3, 0.4) is 0 Å². The Morgan fingerprint density at radius 1 is 1.20 bits per heavy atom. The van der Waals surface area contributed by atoms with Crippen LogP contribution in [0.15, 0.2) is 59.5 Å². The van der Waals surface area contributed by atoms with Crippen LogP contribution < -0.4 is 10.7 Å². The van der Waals surface area contributed by atoms with Crippen molar-refractivity contribution in [3.8, 4) is 0 Å². The van der Waals surface area contributed by atoms with Crippen LogP contribution in [0.5, 0.6) is 0 Å². The van der Waals surface area contributed by atoms with E-state index in [1.165, 1.54) is 18.2 Å². The lowest BCUT2D eigenvalue weighted by Crippen LogP contribution is -2.30. The molecule has 1 N–H and O–H groups in total. The van der Waals surface area contributed by atoms with Crippen LogP contribution in [0.2, 0.25) is 5.02 Å². The topological polar surface area (TPSA) is 51.1 Å². The van der Waals surface area contributed by atoms with E-state index in [1.807, 2.05) is 6.92 Å². The summed E-state index contributed by atoms with van der Waals surface area (Å²) in [6.07, 6.45) is 1.57. The van der Waals surface area contributed by atoms with Crippen molar-refractivity contribution in [2.45, 2.75) is 19.5 Å². The molecule has 0 spiro atoms. The van der Waals surface area contributed by atoms with E-state index >= 15 is 0 Å². The van der Waals surface area contributed by atoms with Gasteiger partial charge in [0.05, 0.1) is 11.6 Å². The second-order valence-electron chi connectivity index (χ2n) is 5.81. The Hall–Kier alpha value is -2.66. The number of benzene rings is 2. The number of pyridine rings is 1. The van der Waals surface area contributed by atoms with Gasteiger partial charge in [-0.05, 0) is 42.8 Å². The molecule has 1 atom stereocenters. The van der Waals surface area contributed by atoms with Crippen molar-refractivity contribution in [2.24, 2.45) is 0 Å². The molecule has 128 valence electrons. The van der Waals surface area contributed by atoms with Gasteiger partial charge in [0.1, 0.15) is 12.4 Å². The summed E-state index contributed by atoms with van der Waals surface area (Å²) in [6, 6.07) is 12.1. The molecule has 0 fully saturated rings. The Kier molecular flexibility index (Phi) is 4.86. The summed E-state index contributed by atoms with van der Waals surface area (Å²) in [4.78, 5) is 24.3. The van der Waals surface area contributed by atoms with Gasteiger partial charge in [-0.3, -0.25) is 9.59 Å². The van der Waals surface area contributed by atoms with E-state index in [0.29, 0.717) is 15.9 Å². The minimum Gasteiger partial charge on any atom is -0.348 e. The van der Waals surface area contributed by atoms with Gasteiger partial charge in [0, 0.05) is 22.7 Å². The van der Waals surface area contributed by atoms with E-state index < -0.39 is 0 Å². The number of hydrogen-bond donors (Lipinski definition) is 1. The fourth-order valence-electron chi connectivity index (χ4n) is 2.69. The molecule has 25 heavy (non-hydrogen) atoms. The molecule has 0 saturated carbocycles. The second-order valence-corrected chi connectivity index (χ2v) is 6.25. The lowest BCUT2D eigenvalue weighted by Gasteiger charge is -2.16. The zero-order valence-corrected chi connectivity index (χ0v) is 14.3. The number of carbonyl (C=O) groups excluding carboxylic acids is 1. The van der Waals surface area contributed by atoms with Crippen molar-refractivity contribution in [2.75, 3.05) is 0 Å². The normalized spacial score (nSPS) is 12.1. The summed E-state index contributed by atoms with van der Waals surface area (Å²) < 4.78 is 14.7. The quantitative estimate of drug-likeness (QED) is 0.773. The zero-order chi connectivity index (χ0) is 18.0. The molecule has 0 radical (unpaired) electrons. The third-order valence-corrected chi connectivity index (χ3v) is 4.24. The Labute approximate surface area is 148 Å². The predicted molar refractivity (Wildman–Crippen MR) is 96.2 cm³/mol. The van der Waals surface area contributed by atoms with Gasteiger partial charge in [-0.15, -0.1) is 0 Å². The Bertz CT molecular complexity index is 983. The number of hydrogen-bond acceptors (Lipinski definition) is 2. The van der Waals surface area contributed by atoms with E-state index in [-0.39, 0.29) is 29.7 Å². The number of amides is 1. The van der Waals surface area contributed by atoms with Gasteiger partial charge in [-0.1, -0.05) is 23.7 Å². The molecular weight excluding hydrogens is 343 g/mol. The highest BCUT2D eigenvalue weighted by Crippen LogP contribution is 2.17. The maximum Gasteiger partial charge on any atom is 0.240 e. The van der Waals surface area contributed by atoms with Crippen LogP contribution in [0.25, 0.3) is 10.9 Å². The van der Waals surface area contributed by atoms with Crippen LogP contribution in [0.4, 0.5) is 4.39 Å². The molecule has 3 rings (SSSR count). The minimum atomic E-state index is -0.320. The highest BCUT2D eigenvalue weighted by molar-refractivity contribution is 6.31. The molecule has 0 aliphatic carbocycles. The molecule has 6 heteroatoms. The molecule has 3 aromatic rings. The molecule has 4 nitrogen and oxygen atoms in total. The molecule has 0 saturated heterocycles. The fraction of sp³-hybridized carbons (Fsp3) is 0.158. The van der Waals surface area contributed by atoms with Gasteiger partial charge in [0.2, 0.25) is 5.91 Å². The van der Waals surface area contributed by atoms with Gasteiger partial charge < -0.3 is 9.88 Å². The van der Waals surface area contributed by atoms with Crippen LogP contribution in [0.1, 0.15) is 18.5 Å². The number of fused-ring (bicyclic) bond motifs is 1.